The number of benzene rings is 1. The van der Waals surface area contributed by atoms with Crippen molar-refractivity contribution in [2.75, 3.05) is 25.1 Å². The first-order valence-corrected chi connectivity index (χ1v) is 7.34. The summed E-state index contributed by atoms with van der Waals surface area (Å²) in [5.74, 6) is 0. The summed E-state index contributed by atoms with van der Waals surface area (Å²) in [7, 11) is 0. The van der Waals surface area contributed by atoms with E-state index >= 15 is 0 Å². The Kier molecular flexibility index (Phi) is 7.79. The molecule has 1 aromatic rings. The van der Waals surface area contributed by atoms with Crippen molar-refractivity contribution >= 4 is 34.5 Å². The zero-order valence-corrected chi connectivity index (χ0v) is 12.8. The standard InChI is InChI=1S/C14H21ClN2OS/c1-2-3-8-18-9-4-7-17-13-6-5-11(14(16)19)10-12(13)15/h5-6,10,17H,2-4,7-9H2,1H3,(H2,16,19). The lowest BCUT2D eigenvalue weighted by molar-refractivity contribution is 0.131. The van der Waals surface area contributed by atoms with Crippen LogP contribution in [0, 0.1) is 0 Å². The lowest BCUT2D eigenvalue weighted by Gasteiger charge is -2.10. The molecule has 0 radical (unpaired) electrons. The van der Waals surface area contributed by atoms with Crippen LogP contribution in [0.2, 0.25) is 5.02 Å². The second-order valence-electron chi connectivity index (χ2n) is 4.31. The number of unbranched alkanes of at least 4 members (excludes halogenated alkanes) is 1. The van der Waals surface area contributed by atoms with E-state index < -0.39 is 0 Å². The molecular formula is C14H21ClN2OS. The molecule has 0 atom stereocenters. The van der Waals surface area contributed by atoms with Gasteiger partial charge in [0, 0.05) is 25.3 Å². The van der Waals surface area contributed by atoms with E-state index in [1.807, 2.05) is 12.1 Å². The van der Waals surface area contributed by atoms with Gasteiger partial charge in [0.1, 0.15) is 4.99 Å². The van der Waals surface area contributed by atoms with Crippen LogP contribution in [-0.2, 0) is 4.74 Å². The summed E-state index contributed by atoms with van der Waals surface area (Å²) in [5, 5.41) is 3.91. The van der Waals surface area contributed by atoms with Crippen molar-refractivity contribution in [3.05, 3.63) is 28.8 Å². The third-order valence-corrected chi connectivity index (χ3v) is 3.23. The fraction of sp³-hybridized carbons (Fsp3) is 0.500. The largest absolute Gasteiger partial charge is 0.389 e. The smallest absolute Gasteiger partial charge is 0.104 e. The van der Waals surface area contributed by atoms with Gasteiger partial charge in [-0.25, -0.2) is 0 Å². The molecule has 106 valence electrons. The Morgan fingerprint density at radius 1 is 1.37 bits per heavy atom. The van der Waals surface area contributed by atoms with Gasteiger partial charge in [-0.05, 0) is 31.0 Å². The molecule has 0 heterocycles. The summed E-state index contributed by atoms with van der Waals surface area (Å²) in [6.45, 7) is 4.61. The molecule has 0 saturated carbocycles. The maximum Gasteiger partial charge on any atom is 0.104 e. The molecule has 3 nitrogen and oxygen atoms in total. The normalized spacial score (nSPS) is 10.4. The Hall–Kier alpha value is -0.840. The fourth-order valence-corrected chi connectivity index (χ4v) is 1.93. The summed E-state index contributed by atoms with van der Waals surface area (Å²) in [6, 6.07) is 5.55. The molecule has 0 bridgehead atoms. The van der Waals surface area contributed by atoms with Gasteiger partial charge in [-0.2, -0.15) is 0 Å². The number of thiocarbonyl (C=S) groups is 1. The minimum atomic E-state index is 0.359. The lowest BCUT2D eigenvalue weighted by Crippen LogP contribution is -2.10. The van der Waals surface area contributed by atoms with Gasteiger partial charge >= 0.3 is 0 Å². The molecule has 0 amide bonds. The molecule has 0 saturated heterocycles. The molecule has 0 spiro atoms. The average molecular weight is 301 g/mol. The lowest BCUT2D eigenvalue weighted by atomic mass is 10.2. The van der Waals surface area contributed by atoms with Gasteiger partial charge in [-0.3, -0.25) is 0 Å². The molecule has 1 aromatic carbocycles. The van der Waals surface area contributed by atoms with Crippen molar-refractivity contribution in [2.24, 2.45) is 5.73 Å². The van der Waals surface area contributed by atoms with E-state index in [0.29, 0.717) is 10.0 Å². The van der Waals surface area contributed by atoms with Crippen LogP contribution in [0.3, 0.4) is 0 Å². The molecular weight excluding hydrogens is 280 g/mol. The zero-order chi connectivity index (χ0) is 14.1. The maximum absolute atomic E-state index is 6.15. The molecule has 0 unspecified atom stereocenters. The molecule has 1 rings (SSSR count). The fourth-order valence-electron chi connectivity index (χ4n) is 1.56. The number of nitrogens with one attached hydrogen (secondary N) is 1. The molecule has 0 aliphatic rings. The van der Waals surface area contributed by atoms with Crippen LogP contribution in [0.5, 0.6) is 0 Å². The van der Waals surface area contributed by atoms with Crippen LogP contribution in [0.25, 0.3) is 0 Å². The minimum Gasteiger partial charge on any atom is -0.389 e. The Labute approximate surface area is 125 Å². The number of rotatable bonds is 9. The van der Waals surface area contributed by atoms with Crippen molar-refractivity contribution in [1.29, 1.82) is 0 Å². The predicted octanol–water partition coefficient (Wildman–Crippen LogP) is 3.59. The van der Waals surface area contributed by atoms with Crippen molar-refractivity contribution in [2.45, 2.75) is 26.2 Å². The van der Waals surface area contributed by atoms with E-state index in [1.165, 1.54) is 6.42 Å². The second-order valence-corrected chi connectivity index (χ2v) is 5.15. The highest BCUT2D eigenvalue weighted by Crippen LogP contribution is 2.22. The summed E-state index contributed by atoms with van der Waals surface area (Å²) < 4.78 is 5.49. The molecule has 0 aliphatic carbocycles. The highest BCUT2D eigenvalue weighted by molar-refractivity contribution is 7.80. The van der Waals surface area contributed by atoms with Gasteiger partial charge in [-0.15, -0.1) is 0 Å². The molecule has 0 fully saturated rings. The summed E-state index contributed by atoms with van der Waals surface area (Å²) in [6.07, 6.45) is 3.25. The second kappa shape index (κ2) is 9.13. The summed E-state index contributed by atoms with van der Waals surface area (Å²) >= 11 is 11.0. The Balaban J connectivity index is 2.28. The molecule has 0 aromatic heterocycles. The Bertz CT molecular complexity index is 412. The number of ether oxygens (including phenoxy) is 1. The third kappa shape index (κ3) is 6.23. The first-order chi connectivity index (χ1) is 9.15. The van der Waals surface area contributed by atoms with E-state index in [9.17, 15) is 0 Å². The van der Waals surface area contributed by atoms with Gasteiger partial charge in [0.25, 0.3) is 0 Å². The summed E-state index contributed by atoms with van der Waals surface area (Å²) in [5.41, 5.74) is 7.23. The van der Waals surface area contributed by atoms with E-state index in [2.05, 4.69) is 12.2 Å². The molecule has 19 heavy (non-hydrogen) atoms. The number of hydrogen-bond donors (Lipinski definition) is 2. The van der Waals surface area contributed by atoms with Gasteiger partial charge in [-0.1, -0.05) is 37.2 Å². The van der Waals surface area contributed by atoms with E-state index in [4.69, 9.17) is 34.3 Å². The Morgan fingerprint density at radius 2 is 2.11 bits per heavy atom. The molecule has 3 N–H and O–H groups in total. The predicted molar refractivity (Wildman–Crippen MR) is 86.2 cm³/mol. The number of halogens is 1. The number of hydrogen-bond acceptors (Lipinski definition) is 3. The van der Waals surface area contributed by atoms with Gasteiger partial charge in [0.15, 0.2) is 0 Å². The topological polar surface area (TPSA) is 47.3 Å². The van der Waals surface area contributed by atoms with Crippen molar-refractivity contribution in [1.82, 2.24) is 0 Å². The number of anilines is 1. The van der Waals surface area contributed by atoms with E-state index in [1.54, 1.807) is 6.07 Å². The highest BCUT2D eigenvalue weighted by atomic mass is 35.5. The van der Waals surface area contributed by atoms with Crippen LogP contribution in [-0.4, -0.2) is 24.7 Å². The quantitative estimate of drug-likeness (QED) is 0.540. The van der Waals surface area contributed by atoms with Crippen molar-refractivity contribution < 1.29 is 4.74 Å². The number of nitrogens with two attached hydrogens (primary N) is 1. The molecule has 0 aliphatic heterocycles. The Morgan fingerprint density at radius 3 is 2.74 bits per heavy atom. The average Bonchev–Trinajstić information content (AvgIpc) is 2.39. The van der Waals surface area contributed by atoms with Gasteiger partial charge in [0.05, 0.1) is 10.7 Å². The van der Waals surface area contributed by atoms with E-state index in [0.717, 1.165) is 43.9 Å². The third-order valence-electron chi connectivity index (χ3n) is 2.68. The first-order valence-electron chi connectivity index (χ1n) is 6.56. The van der Waals surface area contributed by atoms with Crippen LogP contribution < -0.4 is 11.1 Å². The summed E-state index contributed by atoms with van der Waals surface area (Å²) in [4.78, 5) is 0.359. The van der Waals surface area contributed by atoms with Crippen molar-refractivity contribution in [3.8, 4) is 0 Å². The van der Waals surface area contributed by atoms with E-state index in [-0.39, 0.29) is 0 Å². The van der Waals surface area contributed by atoms with Gasteiger partial charge < -0.3 is 15.8 Å². The molecule has 5 heteroatoms. The van der Waals surface area contributed by atoms with Gasteiger partial charge in [0.2, 0.25) is 0 Å². The zero-order valence-electron chi connectivity index (χ0n) is 11.2. The van der Waals surface area contributed by atoms with Crippen LogP contribution in [0.15, 0.2) is 18.2 Å². The van der Waals surface area contributed by atoms with Crippen LogP contribution in [0.1, 0.15) is 31.7 Å². The SMILES string of the molecule is CCCCOCCCNc1ccc(C(N)=S)cc1Cl. The monoisotopic (exact) mass is 300 g/mol. The maximum atomic E-state index is 6.15. The first kappa shape index (κ1) is 16.2. The van der Waals surface area contributed by atoms with Crippen LogP contribution in [0.4, 0.5) is 5.69 Å². The van der Waals surface area contributed by atoms with Crippen molar-refractivity contribution in [3.63, 3.8) is 0 Å². The van der Waals surface area contributed by atoms with Crippen LogP contribution >= 0.6 is 23.8 Å². The minimum absolute atomic E-state index is 0.359. The highest BCUT2D eigenvalue weighted by Gasteiger charge is 2.03.